The zero-order valence-electron chi connectivity index (χ0n) is 12.1. The van der Waals surface area contributed by atoms with E-state index in [0.29, 0.717) is 5.88 Å². The van der Waals surface area contributed by atoms with Gasteiger partial charge in [-0.3, -0.25) is 4.79 Å². The summed E-state index contributed by atoms with van der Waals surface area (Å²) in [6.07, 6.45) is 1.66. The maximum atomic E-state index is 12.0. The number of fused-ring (bicyclic) bond motifs is 1. The summed E-state index contributed by atoms with van der Waals surface area (Å²) in [5, 5.41) is 12.4. The molecule has 0 aliphatic heterocycles. The summed E-state index contributed by atoms with van der Waals surface area (Å²) in [6, 6.07) is 15.2. The normalized spacial score (nSPS) is 10.4. The number of carbonyl (C=O) groups excluding carboxylic acids is 1. The van der Waals surface area contributed by atoms with Gasteiger partial charge in [0.05, 0.1) is 6.20 Å². The number of aryl methyl sites for hydroxylation is 1. The predicted molar refractivity (Wildman–Crippen MR) is 84.8 cm³/mol. The van der Waals surface area contributed by atoms with Gasteiger partial charge in [0.1, 0.15) is 0 Å². The molecule has 22 heavy (non-hydrogen) atoms. The van der Waals surface area contributed by atoms with E-state index in [4.69, 9.17) is 4.74 Å². The van der Waals surface area contributed by atoms with Gasteiger partial charge in [0.15, 0.2) is 6.61 Å². The Bertz CT molecular complexity index is 812. The third-order valence-electron chi connectivity index (χ3n) is 3.30. The lowest BCUT2D eigenvalue weighted by Crippen LogP contribution is -2.21. The smallest absolute Gasteiger partial charge is 0.262 e. The molecular weight excluding hydrogens is 278 g/mol. The number of hydrogen-bond donors (Lipinski definition) is 1. The van der Waals surface area contributed by atoms with Crippen LogP contribution in [-0.2, 0) is 4.79 Å². The zero-order chi connectivity index (χ0) is 15.4. The van der Waals surface area contributed by atoms with Crippen molar-refractivity contribution < 1.29 is 9.53 Å². The molecule has 0 unspecified atom stereocenters. The van der Waals surface area contributed by atoms with Gasteiger partial charge >= 0.3 is 0 Å². The van der Waals surface area contributed by atoms with Gasteiger partial charge in [0.25, 0.3) is 5.91 Å². The van der Waals surface area contributed by atoms with E-state index in [0.717, 1.165) is 22.0 Å². The minimum Gasteiger partial charge on any atom is -0.466 e. The van der Waals surface area contributed by atoms with Gasteiger partial charge in [-0.15, -0.1) is 5.10 Å². The summed E-state index contributed by atoms with van der Waals surface area (Å²) in [5.41, 5.74) is 1.78. The molecule has 2 aromatic carbocycles. The van der Waals surface area contributed by atoms with Crippen molar-refractivity contribution in [1.29, 1.82) is 0 Å². The molecule has 3 aromatic rings. The molecule has 0 saturated heterocycles. The Kier molecular flexibility index (Phi) is 3.96. The van der Waals surface area contributed by atoms with Gasteiger partial charge in [-0.05, 0) is 24.6 Å². The van der Waals surface area contributed by atoms with Crippen molar-refractivity contribution >= 4 is 22.4 Å². The maximum Gasteiger partial charge on any atom is 0.262 e. The van der Waals surface area contributed by atoms with Crippen molar-refractivity contribution in [1.82, 2.24) is 10.2 Å². The first-order chi connectivity index (χ1) is 10.7. The molecule has 5 nitrogen and oxygen atoms in total. The largest absolute Gasteiger partial charge is 0.466 e. The lowest BCUT2D eigenvalue weighted by atomic mass is 10.2. The number of hydrogen-bond acceptors (Lipinski definition) is 4. The molecule has 1 aromatic heterocycles. The van der Waals surface area contributed by atoms with E-state index < -0.39 is 0 Å². The average molecular weight is 293 g/mol. The van der Waals surface area contributed by atoms with Crippen molar-refractivity contribution in [3.8, 4) is 5.88 Å². The van der Waals surface area contributed by atoms with E-state index in [1.807, 2.05) is 55.5 Å². The molecule has 0 bridgehead atoms. The van der Waals surface area contributed by atoms with E-state index >= 15 is 0 Å². The minimum atomic E-state index is -0.232. The highest BCUT2D eigenvalue weighted by atomic mass is 16.5. The van der Waals surface area contributed by atoms with E-state index in [1.54, 1.807) is 6.20 Å². The van der Waals surface area contributed by atoms with Gasteiger partial charge in [0, 0.05) is 16.5 Å². The maximum absolute atomic E-state index is 12.0. The first-order valence-electron chi connectivity index (χ1n) is 6.93. The Hall–Kier alpha value is -2.95. The zero-order valence-corrected chi connectivity index (χ0v) is 12.1. The Morgan fingerprint density at radius 3 is 2.77 bits per heavy atom. The van der Waals surface area contributed by atoms with Crippen LogP contribution in [0.3, 0.4) is 0 Å². The molecule has 3 rings (SSSR count). The Balaban J connectivity index is 1.69. The summed E-state index contributed by atoms with van der Waals surface area (Å²) in [6.45, 7) is 1.82. The van der Waals surface area contributed by atoms with Crippen LogP contribution in [0.25, 0.3) is 10.8 Å². The number of anilines is 1. The van der Waals surface area contributed by atoms with Crippen molar-refractivity contribution in [2.45, 2.75) is 6.92 Å². The number of amides is 1. The number of ether oxygens (including phenoxy) is 1. The van der Waals surface area contributed by atoms with E-state index in [1.165, 1.54) is 0 Å². The topological polar surface area (TPSA) is 64.1 Å². The van der Waals surface area contributed by atoms with Crippen LogP contribution in [-0.4, -0.2) is 22.7 Å². The van der Waals surface area contributed by atoms with E-state index in [9.17, 15) is 4.79 Å². The van der Waals surface area contributed by atoms with Gasteiger partial charge in [-0.25, -0.2) is 0 Å². The molecular formula is C17H15N3O2. The molecule has 5 heteroatoms. The van der Waals surface area contributed by atoms with Gasteiger partial charge in [0.2, 0.25) is 5.88 Å². The summed E-state index contributed by atoms with van der Waals surface area (Å²) in [7, 11) is 0. The summed E-state index contributed by atoms with van der Waals surface area (Å²) < 4.78 is 5.51. The third-order valence-corrected chi connectivity index (χ3v) is 3.30. The summed E-state index contributed by atoms with van der Waals surface area (Å²) >= 11 is 0. The number of nitrogens with zero attached hydrogens (tertiary/aromatic N) is 2. The minimum absolute atomic E-state index is 0.114. The molecule has 1 N–H and O–H groups in total. The van der Waals surface area contributed by atoms with Crippen LogP contribution >= 0.6 is 0 Å². The molecule has 0 radical (unpaired) electrons. The lowest BCUT2D eigenvalue weighted by molar-refractivity contribution is -0.118. The second kappa shape index (κ2) is 6.22. The quantitative estimate of drug-likeness (QED) is 0.803. The first-order valence-corrected chi connectivity index (χ1v) is 6.93. The number of nitrogens with one attached hydrogen (secondary N) is 1. The SMILES string of the molecule is Cc1ccccc1NC(=O)COc1nncc2ccccc12. The number of rotatable bonds is 4. The van der Waals surface area contributed by atoms with Crippen LogP contribution < -0.4 is 10.1 Å². The number of aromatic nitrogens is 2. The van der Waals surface area contributed by atoms with Crippen LogP contribution in [0.5, 0.6) is 5.88 Å². The van der Waals surface area contributed by atoms with Gasteiger partial charge < -0.3 is 10.1 Å². The Morgan fingerprint density at radius 1 is 1.14 bits per heavy atom. The highest BCUT2D eigenvalue weighted by Crippen LogP contribution is 2.21. The van der Waals surface area contributed by atoms with Crippen LogP contribution in [0, 0.1) is 6.92 Å². The van der Waals surface area contributed by atoms with Crippen LogP contribution in [0.2, 0.25) is 0 Å². The summed E-state index contributed by atoms with van der Waals surface area (Å²) in [5.74, 6) is 0.127. The van der Waals surface area contributed by atoms with Crippen LogP contribution in [0.4, 0.5) is 5.69 Å². The Labute approximate surface area is 127 Å². The highest BCUT2D eigenvalue weighted by Gasteiger charge is 2.08. The molecule has 110 valence electrons. The monoisotopic (exact) mass is 293 g/mol. The second-order valence-corrected chi connectivity index (χ2v) is 4.89. The molecule has 0 aliphatic carbocycles. The second-order valence-electron chi connectivity index (χ2n) is 4.89. The average Bonchev–Trinajstić information content (AvgIpc) is 2.55. The van der Waals surface area contributed by atoms with Crippen molar-refractivity contribution in [2.75, 3.05) is 11.9 Å². The summed E-state index contributed by atoms with van der Waals surface area (Å²) in [4.78, 5) is 12.0. The fraction of sp³-hybridized carbons (Fsp3) is 0.118. The Morgan fingerprint density at radius 2 is 1.91 bits per heavy atom. The molecule has 0 saturated carbocycles. The third kappa shape index (κ3) is 3.03. The van der Waals surface area contributed by atoms with Crippen molar-refractivity contribution in [3.63, 3.8) is 0 Å². The molecule has 1 amide bonds. The number of carbonyl (C=O) groups is 1. The highest BCUT2D eigenvalue weighted by molar-refractivity contribution is 5.93. The fourth-order valence-corrected chi connectivity index (χ4v) is 2.14. The fourth-order valence-electron chi connectivity index (χ4n) is 2.14. The lowest BCUT2D eigenvalue weighted by Gasteiger charge is -2.09. The molecule has 1 heterocycles. The van der Waals surface area contributed by atoms with E-state index in [2.05, 4.69) is 15.5 Å². The first kappa shape index (κ1) is 14.0. The van der Waals surface area contributed by atoms with Crippen molar-refractivity contribution in [2.24, 2.45) is 0 Å². The molecule has 0 atom stereocenters. The molecule has 0 fully saturated rings. The molecule has 0 spiro atoms. The van der Waals surface area contributed by atoms with Crippen molar-refractivity contribution in [3.05, 3.63) is 60.3 Å². The van der Waals surface area contributed by atoms with Gasteiger partial charge in [-0.2, -0.15) is 5.10 Å². The number of para-hydroxylation sites is 1. The number of benzene rings is 2. The van der Waals surface area contributed by atoms with E-state index in [-0.39, 0.29) is 12.5 Å². The standard InChI is InChI=1S/C17H15N3O2/c1-12-6-2-5-9-15(12)19-16(21)11-22-17-14-8-4-3-7-13(14)10-18-20-17/h2-10H,11H2,1H3,(H,19,21). The predicted octanol–water partition coefficient (Wildman–Crippen LogP) is 2.96. The van der Waals surface area contributed by atoms with Gasteiger partial charge in [-0.1, -0.05) is 36.4 Å². The molecule has 0 aliphatic rings. The van der Waals surface area contributed by atoms with Crippen LogP contribution in [0.1, 0.15) is 5.56 Å². The van der Waals surface area contributed by atoms with Crippen LogP contribution in [0.15, 0.2) is 54.7 Å².